The third kappa shape index (κ3) is 2.62. The summed E-state index contributed by atoms with van der Waals surface area (Å²) in [6.45, 7) is 0. The van der Waals surface area contributed by atoms with Gasteiger partial charge >= 0.3 is 0 Å². The number of hydrogen-bond acceptors (Lipinski definition) is 4. The lowest BCUT2D eigenvalue weighted by Crippen LogP contribution is -2.17. The molecule has 2 aromatic carbocycles. The first kappa shape index (κ1) is 13.7. The van der Waals surface area contributed by atoms with Crippen molar-refractivity contribution < 1.29 is 15.0 Å². The molecule has 0 unspecified atom stereocenters. The first-order valence-corrected chi connectivity index (χ1v) is 6.56. The monoisotopic (exact) mass is 295 g/mol. The average molecular weight is 295 g/mol. The van der Waals surface area contributed by atoms with E-state index in [9.17, 15) is 15.0 Å². The number of nitrogens with one attached hydrogen (secondary N) is 2. The summed E-state index contributed by atoms with van der Waals surface area (Å²) in [5.41, 5.74) is 4.35. The van der Waals surface area contributed by atoms with Crippen molar-refractivity contribution in [3.05, 3.63) is 59.8 Å². The molecule has 6 heteroatoms. The zero-order valence-electron chi connectivity index (χ0n) is 11.4. The second-order valence-corrected chi connectivity index (χ2v) is 4.70. The van der Waals surface area contributed by atoms with Gasteiger partial charge in [0.2, 0.25) is 0 Å². The number of aromatic amines is 1. The molecule has 1 amide bonds. The fourth-order valence-electron chi connectivity index (χ4n) is 2.11. The molecule has 110 valence electrons. The molecule has 0 atom stereocenters. The molecule has 0 radical (unpaired) electrons. The van der Waals surface area contributed by atoms with E-state index in [1.54, 1.807) is 12.3 Å². The molecule has 0 aliphatic carbocycles. The largest absolute Gasteiger partial charge is 0.504 e. The first-order valence-electron chi connectivity index (χ1n) is 6.56. The lowest BCUT2D eigenvalue weighted by molar-refractivity contribution is 0.0957. The third-order valence-electron chi connectivity index (χ3n) is 3.21. The Labute approximate surface area is 125 Å². The number of carbonyl (C=O) groups is 1. The lowest BCUT2D eigenvalue weighted by atomic mass is 10.2. The van der Waals surface area contributed by atoms with Crippen molar-refractivity contribution >= 4 is 23.0 Å². The number of para-hydroxylation sites is 1. The number of rotatable bonds is 3. The number of phenols is 2. The minimum Gasteiger partial charge on any atom is -0.504 e. The van der Waals surface area contributed by atoms with E-state index in [0.717, 1.165) is 10.9 Å². The zero-order valence-corrected chi connectivity index (χ0v) is 11.4. The van der Waals surface area contributed by atoms with Crippen LogP contribution in [0.5, 0.6) is 11.5 Å². The van der Waals surface area contributed by atoms with Crippen molar-refractivity contribution in [3.8, 4) is 11.5 Å². The molecule has 6 nitrogen and oxygen atoms in total. The van der Waals surface area contributed by atoms with E-state index in [1.165, 1.54) is 18.3 Å². The Bertz CT molecular complexity index is 868. The van der Waals surface area contributed by atoms with Gasteiger partial charge in [-0.05, 0) is 29.8 Å². The van der Waals surface area contributed by atoms with Gasteiger partial charge in [-0.25, -0.2) is 5.43 Å². The summed E-state index contributed by atoms with van der Waals surface area (Å²) in [5, 5.41) is 23.3. The van der Waals surface area contributed by atoms with Gasteiger partial charge in [0.1, 0.15) is 0 Å². The van der Waals surface area contributed by atoms with E-state index in [1.807, 2.05) is 24.3 Å². The highest BCUT2D eigenvalue weighted by Crippen LogP contribution is 2.24. The number of carbonyl (C=O) groups excluding carboxylic acids is 1. The van der Waals surface area contributed by atoms with Gasteiger partial charge in [-0.3, -0.25) is 4.79 Å². The van der Waals surface area contributed by atoms with E-state index in [4.69, 9.17) is 0 Å². The minimum atomic E-state index is -0.336. The standard InChI is InChI=1S/C16H13N3O3/c20-14-6-5-10(7-15(14)21)8-18-19-16(22)12-9-17-13-4-2-1-3-11(12)13/h1-9,17,20-21H,(H,19,22). The maximum atomic E-state index is 12.1. The van der Waals surface area contributed by atoms with Crippen molar-refractivity contribution in [2.75, 3.05) is 0 Å². The number of H-pyrrole nitrogens is 1. The Morgan fingerprint density at radius 2 is 1.95 bits per heavy atom. The Morgan fingerprint density at radius 3 is 2.77 bits per heavy atom. The Kier molecular flexibility index (Phi) is 3.49. The van der Waals surface area contributed by atoms with Crippen LogP contribution in [0.1, 0.15) is 15.9 Å². The van der Waals surface area contributed by atoms with Crippen LogP contribution in [0.3, 0.4) is 0 Å². The highest BCUT2D eigenvalue weighted by molar-refractivity contribution is 6.06. The Balaban J connectivity index is 1.74. The van der Waals surface area contributed by atoms with Crippen LogP contribution in [0.4, 0.5) is 0 Å². The SMILES string of the molecule is O=C(NN=Cc1ccc(O)c(O)c1)c1c[nH]c2ccccc12. The summed E-state index contributed by atoms with van der Waals surface area (Å²) in [6, 6.07) is 11.7. The molecule has 1 heterocycles. The quantitative estimate of drug-likeness (QED) is 0.339. The predicted octanol–water partition coefficient (Wildman–Crippen LogP) is 2.34. The fraction of sp³-hybridized carbons (Fsp3) is 0. The summed E-state index contributed by atoms with van der Waals surface area (Å²) in [4.78, 5) is 15.1. The van der Waals surface area contributed by atoms with Crippen molar-refractivity contribution in [3.63, 3.8) is 0 Å². The number of fused-ring (bicyclic) bond motifs is 1. The first-order chi connectivity index (χ1) is 10.6. The second-order valence-electron chi connectivity index (χ2n) is 4.70. The van der Waals surface area contributed by atoms with Crippen molar-refractivity contribution in [1.82, 2.24) is 10.4 Å². The van der Waals surface area contributed by atoms with E-state index < -0.39 is 0 Å². The number of benzene rings is 2. The number of nitrogens with zero attached hydrogens (tertiary/aromatic N) is 1. The van der Waals surface area contributed by atoms with Crippen LogP contribution in [0.25, 0.3) is 10.9 Å². The van der Waals surface area contributed by atoms with Crippen LogP contribution in [-0.4, -0.2) is 27.3 Å². The number of amides is 1. The molecule has 0 saturated heterocycles. The lowest BCUT2D eigenvalue weighted by Gasteiger charge is -1.99. The van der Waals surface area contributed by atoms with Crippen LogP contribution in [0.2, 0.25) is 0 Å². The molecule has 0 spiro atoms. The van der Waals surface area contributed by atoms with Gasteiger partial charge in [0.15, 0.2) is 11.5 Å². The summed E-state index contributed by atoms with van der Waals surface area (Å²) in [5.74, 6) is -0.788. The van der Waals surface area contributed by atoms with Crippen molar-refractivity contribution in [1.29, 1.82) is 0 Å². The highest BCUT2D eigenvalue weighted by Gasteiger charge is 2.10. The number of hydrazone groups is 1. The summed E-state index contributed by atoms with van der Waals surface area (Å²) in [6.07, 6.45) is 3.01. The number of aromatic hydroxyl groups is 2. The fourth-order valence-corrected chi connectivity index (χ4v) is 2.11. The Morgan fingerprint density at radius 1 is 1.14 bits per heavy atom. The van der Waals surface area contributed by atoms with Gasteiger partial charge in [-0.2, -0.15) is 5.10 Å². The Hall–Kier alpha value is -3.28. The molecule has 0 bridgehead atoms. The molecule has 3 rings (SSSR count). The van der Waals surface area contributed by atoms with E-state index in [0.29, 0.717) is 11.1 Å². The van der Waals surface area contributed by atoms with Gasteiger partial charge < -0.3 is 15.2 Å². The van der Waals surface area contributed by atoms with Crippen molar-refractivity contribution in [2.45, 2.75) is 0 Å². The zero-order chi connectivity index (χ0) is 15.5. The maximum absolute atomic E-state index is 12.1. The average Bonchev–Trinajstić information content (AvgIpc) is 2.95. The molecule has 1 aromatic heterocycles. The normalized spacial score (nSPS) is 11.1. The van der Waals surface area contributed by atoms with E-state index >= 15 is 0 Å². The van der Waals surface area contributed by atoms with Gasteiger partial charge in [-0.1, -0.05) is 18.2 Å². The van der Waals surface area contributed by atoms with Gasteiger partial charge in [-0.15, -0.1) is 0 Å². The number of hydrogen-bond donors (Lipinski definition) is 4. The van der Waals surface area contributed by atoms with Crippen LogP contribution >= 0.6 is 0 Å². The molecule has 0 aliphatic rings. The topological polar surface area (TPSA) is 97.7 Å². The predicted molar refractivity (Wildman–Crippen MR) is 83.1 cm³/mol. The van der Waals surface area contributed by atoms with E-state index in [2.05, 4.69) is 15.5 Å². The number of phenolic OH excluding ortho intramolecular Hbond substituents is 2. The van der Waals surface area contributed by atoms with Gasteiger partial charge in [0.05, 0.1) is 11.8 Å². The molecular formula is C16H13N3O3. The molecule has 0 aliphatic heterocycles. The van der Waals surface area contributed by atoms with Gasteiger partial charge in [0.25, 0.3) is 5.91 Å². The van der Waals surface area contributed by atoms with Crippen LogP contribution in [0, 0.1) is 0 Å². The highest BCUT2D eigenvalue weighted by atomic mass is 16.3. The molecular weight excluding hydrogens is 282 g/mol. The molecule has 0 saturated carbocycles. The van der Waals surface area contributed by atoms with E-state index in [-0.39, 0.29) is 17.4 Å². The molecule has 22 heavy (non-hydrogen) atoms. The van der Waals surface area contributed by atoms with Gasteiger partial charge in [0, 0.05) is 17.1 Å². The minimum absolute atomic E-state index is 0.208. The molecule has 3 aromatic rings. The summed E-state index contributed by atoms with van der Waals surface area (Å²) in [7, 11) is 0. The summed E-state index contributed by atoms with van der Waals surface area (Å²) >= 11 is 0. The maximum Gasteiger partial charge on any atom is 0.273 e. The van der Waals surface area contributed by atoms with Crippen molar-refractivity contribution in [2.24, 2.45) is 5.10 Å². The van der Waals surface area contributed by atoms with Crippen LogP contribution in [0.15, 0.2) is 53.8 Å². The summed E-state index contributed by atoms with van der Waals surface area (Å²) < 4.78 is 0. The third-order valence-corrected chi connectivity index (χ3v) is 3.21. The van der Waals surface area contributed by atoms with Crippen LogP contribution < -0.4 is 5.43 Å². The van der Waals surface area contributed by atoms with Crippen LogP contribution in [-0.2, 0) is 0 Å². The molecule has 0 fully saturated rings. The number of aromatic nitrogens is 1. The molecule has 4 N–H and O–H groups in total. The smallest absolute Gasteiger partial charge is 0.273 e. The second kappa shape index (κ2) is 5.61.